The van der Waals surface area contributed by atoms with Crippen molar-refractivity contribution in [3.63, 3.8) is 0 Å². The molecule has 0 heterocycles. The zero-order valence-corrected chi connectivity index (χ0v) is 14.4. The zero-order chi connectivity index (χ0) is 16.6. The molecule has 1 rings (SSSR count). The van der Waals surface area contributed by atoms with Crippen LogP contribution in [0.5, 0.6) is 0 Å². The summed E-state index contributed by atoms with van der Waals surface area (Å²) in [6.45, 7) is 8.32. The third-order valence-corrected chi connectivity index (χ3v) is 3.85. The number of rotatable bonds is 9. The molecule has 0 N–H and O–H groups in total. The fraction of sp³-hybridized carbons (Fsp3) is 0.778. The van der Waals surface area contributed by atoms with Gasteiger partial charge in [0.2, 0.25) is 0 Å². The van der Waals surface area contributed by atoms with E-state index in [4.69, 9.17) is 9.47 Å². The topological polar surface area (TPSA) is 52.6 Å². The van der Waals surface area contributed by atoms with Crippen molar-refractivity contribution < 1.29 is 19.1 Å². The summed E-state index contributed by atoms with van der Waals surface area (Å²) in [5.41, 5.74) is -0.0276. The largest absolute Gasteiger partial charge is 0.458 e. The third kappa shape index (κ3) is 7.10. The van der Waals surface area contributed by atoms with Crippen LogP contribution in [0.4, 0.5) is 0 Å². The van der Waals surface area contributed by atoms with Crippen LogP contribution in [0.25, 0.3) is 0 Å². The summed E-state index contributed by atoms with van der Waals surface area (Å²) in [5.74, 6) is -0.349. The Bertz CT molecular complexity index is 398. The van der Waals surface area contributed by atoms with Crippen LogP contribution in [0.3, 0.4) is 0 Å². The quantitative estimate of drug-likeness (QED) is 0.473. The van der Waals surface area contributed by atoms with Crippen LogP contribution >= 0.6 is 0 Å². The van der Waals surface area contributed by atoms with Gasteiger partial charge >= 0.3 is 11.9 Å². The molecule has 0 radical (unpaired) electrons. The van der Waals surface area contributed by atoms with Crippen molar-refractivity contribution in [3.8, 4) is 0 Å². The van der Waals surface area contributed by atoms with Crippen molar-refractivity contribution in [2.75, 3.05) is 0 Å². The molecule has 0 aromatic rings. The Balaban J connectivity index is 2.31. The smallest absolute Gasteiger partial charge is 0.306 e. The molecule has 0 aromatic heterocycles. The van der Waals surface area contributed by atoms with Crippen molar-refractivity contribution >= 4 is 11.9 Å². The Morgan fingerprint density at radius 3 is 2.18 bits per heavy atom. The highest BCUT2D eigenvalue weighted by Gasteiger charge is 2.27. The summed E-state index contributed by atoms with van der Waals surface area (Å²) in [4.78, 5) is 23.6. The standard InChI is InChI=1S/C18H30O4/c1-5-7-8-16(19)21-14-9-10-15(12-14)22-17(20)13-18(3,4)11-6-2/h9-10,14-15H,5-8,11-13H2,1-4H3/t14-,15+/m0/s1. The molecule has 4 heteroatoms. The van der Waals surface area contributed by atoms with Crippen LogP contribution < -0.4 is 0 Å². The van der Waals surface area contributed by atoms with Crippen molar-refractivity contribution in [3.05, 3.63) is 12.2 Å². The molecule has 4 nitrogen and oxygen atoms in total. The van der Waals surface area contributed by atoms with E-state index >= 15 is 0 Å². The van der Waals surface area contributed by atoms with E-state index in [9.17, 15) is 9.59 Å². The van der Waals surface area contributed by atoms with E-state index in [0.717, 1.165) is 25.7 Å². The molecule has 0 spiro atoms. The van der Waals surface area contributed by atoms with Gasteiger partial charge in [-0.05, 0) is 30.4 Å². The molecule has 22 heavy (non-hydrogen) atoms. The highest BCUT2D eigenvalue weighted by Crippen LogP contribution is 2.28. The number of unbranched alkanes of at least 4 members (excludes halogenated alkanes) is 1. The van der Waals surface area contributed by atoms with Crippen molar-refractivity contribution in [2.24, 2.45) is 5.41 Å². The minimum Gasteiger partial charge on any atom is -0.458 e. The second kappa shape index (κ2) is 8.96. The van der Waals surface area contributed by atoms with Crippen LogP contribution in [-0.2, 0) is 19.1 Å². The lowest BCUT2D eigenvalue weighted by molar-refractivity contribution is -0.151. The average Bonchev–Trinajstić information content (AvgIpc) is 2.82. The molecule has 0 amide bonds. The highest BCUT2D eigenvalue weighted by atomic mass is 16.6. The lowest BCUT2D eigenvalue weighted by atomic mass is 9.85. The van der Waals surface area contributed by atoms with E-state index in [1.807, 2.05) is 19.1 Å². The van der Waals surface area contributed by atoms with Gasteiger partial charge in [-0.25, -0.2) is 0 Å². The number of carbonyl (C=O) groups excluding carboxylic acids is 2. The first-order valence-corrected chi connectivity index (χ1v) is 8.43. The van der Waals surface area contributed by atoms with E-state index in [-0.39, 0.29) is 29.6 Å². The van der Waals surface area contributed by atoms with E-state index in [2.05, 4.69) is 20.8 Å². The number of esters is 2. The summed E-state index contributed by atoms with van der Waals surface area (Å²) >= 11 is 0. The number of carbonyl (C=O) groups is 2. The summed E-state index contributed by atoms with van der Waals surface area (Å²) in [6, 6.07) is 0. The Morgan fingerprint density at radius 2 is 1.64 bits per heavy atom. The van der Waals surface area contributed by atoms with Gasteiger partial charge in [-0.15, -0.1) is 0 Å². The third-order valence-electron chi connectivity index (χ3n) is 3.85. The molecule has 0 saturated heterocycles. The normalized spacial score (nSPS) is 20.9. The van der Waals surface area contributed by atoms with Gasteiger partial charge < -0.3 is 9.47 Å². The molecule has 0 bridgehead atoms. The Hall–Kier alpha value is -1.32. The second-order valence-electron chi connectivity index (χ2n) is 6.87. The fourth-order valence-corrected chi connectivity index (χ4v) is 2.72. The Morgan fingerprint density at radius 1 is 1.05 bits per heavy atom. The second-order valence-corrected chi connectivity index (χ2v) is 6.87. The van der Waals surface area contributed by atoms with Gasteiger partial charge in [-0.1, -0.05) is 40.5 Å². The molecule has 0 saturated carbocycles. The maximum absolute atomic E-state index is 12.0. The molecule has 1 aliphatic carbocycles. The molecule has 126 valence electrons. The average molecular weight is 310 g/mol. The van der Waals surface area contributed by atoms with E-state index < -0.39 is 0 Å². The predicted molar refractivity (Wildman–Crippen MR) is 86.3 cm³/mol. The van der Waals surface area contributed by atoms with Crippen LogP contribution in [0.2, 0.25) is 0 Å². The maximum Gasteiger partial charge on any atom is 0.306 e. The Labute approximate surface area is 134 Å². The molecule has 1 aliphatic rings. The minimum atomic E-state index is -0.270. The van der Waals surface area contributed by atoms with Gasteiger partial charge in [-0.3, -0.25) is 9.59 Å². The van der Waals surface area contributed by atoms with Crippen LogP contribution in [0, 0.1) is 5.41 Å². The summed E-state index contributed by atoms with van der Waals surface area (Å²) < 4.78 is 10.8. The van der Waals surface area contributed by atoms with Crippen molar-refractivity contribution in [1.29, 1.82) is 0 Å². The lowest BCUT2D eigenvalue weighted by Crippen LogP contribution is -2.24. The van der Waals surface area contributed by atoms with Gasteiger partial charge in [0, 0.05) is 12.8 Å². The molecule has 0 aliphatic heterocycles. The van der Waals surface area contributed by atoms with Gasteiger partial charge in [0.05, 0.1) is 6.42 Å². The molecular weight excluding hydrogens is 280 g/mol. The maximum atomic E-state index is 12.0. The lowest BCUT2D eigenvalue weighted by Gasteiger charge is -2.23. The summed E-state index contributed by atoms with van der Waals surface area (Å²) in [6.07, 6.45) is 8.41. The fourth-order valence-electron chi connectivity index (χ4n) is 2.72. The van der Waals surface area contributed by atoms with E-state index in [1.54, 1.807) is 0 Å². The summed E-state index contributed by atoms with van der Waals surface area (Å²) in [7, 11) is 0. The van der Waals surface area contributed by atoms with Gasteiger partial charge in [0.25, 0.3) is 0 Å². The van der Waals surface area contributed by atoms with E-state index in [1.165, 1.54) is 0 Å². The first-order valence-electron chi connectivity index (χ1n) is 8.43. The van der Waals surface area contributed by atoms with Crippen molar-refractivity contribution in [1.82, 2.24) is 0 Å². The van der Waals surface area contributed by atoms with E-state index in [0.29, 0.717) is 19.3 Å². The molecule has 2 atom stereocenters. The van der Waals surface area contributed by atoms with Crippen LogP contribution in [0.1, 0.15) is 72.6 Å². The molecule has 0 aromatic carbocycles. The number of hydrogen-bond acceptors (Lipinski definition) is 4. The van der Waals surface area contributed by atoms with Crippen LogP contribution in [0.15, 0.2) is 12.2 Å². The van der Waals surface area contributed by atoms with Gasteiger partial charge in [0.1, 0.15) is 12.2 Å². The number of hydrogen-bond donors (Lipinski definition) is 0. The first-order chi connectivity index (χ1) is 10.4. The molecule has 0 fully saturated rings. The van der Waals surface area contributed by atoms with Gasteiger partial charge in [0.15, 0.2) is 0 Å². The molecule has 0 unspecified atom stereocenters. The monoisotopic (exact) mass is 310 g/mol. The summed E-state index contributed by atoms with van der Waals surface area (Å²) in [5, 5.41) is 0. The SMILES string of the molecule is CCCCC(=O)O[C@H]1C=C[C@@H](OC(=O)CC(C)(C)CCC)C1. The minimum absolute atomic E-state index is 0.0276. The Kier molecular flexibility index (Phi) is 7.63. The van der Waals surface area contributed by atoms with Crippen LogP contribution in [-0.4, -0.2) is 24.1 Å². The predicted octanol–water partition coefficient (Wildman–Crippen LogP) is 4.18. The highest BCUT2D eigenvalue weighted by molar-refractivity contribution is 5.71. The number of ether oxygens (including phenoxy) is 2. The molecular formula is C18H30O4. The van der Waals surface area contributed by atoms with Gasteiger partial charge in [-0.2, -0.15) is 0 Å². The zero-order valence-electron chi connectivity index (χ0n) is 14.4. The van der Waals surface area contributed by atoms with Crippen molar-refractivity contribution in [2.45, 2.75) is 84.8 Å². The first kappa shape index (κ1) is 18.7.